The lowest BCUT2D eigenvalue weighted by Gasteiger charge is -2.18. The molecule has 1 atom stereocenters. The highest BCUT2D eigenvalue weighted by Crippen LogP contribution is 2.23. The Hall–Kier alpha value is -0.250. The Morgan fingerprint density at radius 2 is 1.91 bits per heavy atom. The molecule has 0 spiro atoms. The van der Waals surface area contributed by atoms with E-state index in [2.05, 4.69) is 5.32 Å². The van der Waals surface area contributed by atoms with Crippen LogP contribution in [0.2, 0.25) is 0 Å². The van der Waals surface area contributed by atoms with Gasteiger partial charge in [0.05, 0.1) is 0 Å². The molecule has 0 radical (unpaired) electrons. The first kappa shape index (κ1) is 10.8. The van der Waals surface area contributed by atoms with Crippen LogP contribution in [0.15, 0.2) is 0 Å². The number of rotatable bonds is 4. The van der Waals surface area contributed by atoms with E-state index in [-0.39, 0.29) is 6.42 Å². The van der Waals surface area contributed by atoms with E-state index in [1.54, 1.807) is 0 Å². The average molecular weight is 169 g/mol. The minimum atomic E-state index is -4.09. The smallest absolute Gasteiger partial charge is 0.309 e. The molecule has 1 N–H and O–H groups in total. The topological polar surface area (TPSA) is 12.0 Å². The van der Waals surface area contributed by atoms with E-state index in [1.165, 1.54) is 7.05 Å². The minimum Gasteiger partial charge on any atom is -0.309 e. The monoisotopic (exact) mass is 169 g/mol. The van der Waals surface area contributed by atoms with E-state index in [0.29, 0.717) is 6.42 Å². The first-order chi connectivity index (χ1) is 5.02. The summed E-state index contributed by atoms with van der Waals surface area (Å²) in [6.45, 7) is 1.88. The van der Waals surface area contributed by atoms with E-state index < -0.39 is 12.2 Å². The molecule has 0 fully saturated rings. The maximum absolute atomic E-state index is 12.0. The van der Waals surface area contributed by atoms with Crippen molar-refractivity contribution in [3.05, 3.63) is 0 Å². The number of hydrogen-bond donors (Lipinski definition) is 1. The molecule has 0 aromatic heterocycles. The second-order valence-corrected chi connectivity index (χ2v) is 2.53. The Morgan fingerprint density at radius 1 is 1.36 bits per heavy atom. The zero-order chi connectivity index (χ0) is 8.91. The standard InChI is InChI=1S/C7H14F3N/c1-3-4-5-6(11-2)7(8,9)10/h6,11H,3-5H2,1-2H3. The van der Waals surface area contributed by atoms with Crippen molar-refractivity contribution >= 4 is 0 Å². The second-order valence-electron chi connectivity index (χ2n) is 2.53. The van der Waals surface area contributed by atoms with Crippen molar-refractivity contribution in [2.75, 3.05) is 7.05 Å². The summed E-state index contributed by atoms with van der Waals surface area (Å²) in [6, 6.07) is -1.33. The van der Waals surface area contributed by atoms with Crippen LogP contribution in [-0.4, -0.2) is 19.3 Å². The normalized spacial score (nSPS) is 15.0. The summed E-state index contributed by atoms with van der Waals surface area (Å²) in [6.07, 6.45) is -2.50. The second kappa shape index (κ2) is 4.59. The van der Waals surface area contributed by atoms with Crippen molar-refractivity contribution in [1.29, 1.82) is 0 Å². The molecule has 68 valence electrons. The van der Waals surface area contributed by atoms with Crippen molar-refractivity contribution in [1.82, 2.24) is 5.32 Å². The van der Waals surface area contributed by atoms with Crippen molar-refractivity contribution in [3.63, 3.8) is 0 Å². The lowest BCUT2D eigenvalue weighted by Crippen LogP contribution is -2.39. The summed E-state index contributed by atoms with van der Waals surface area (Å²) in [5, 5.41) is 2.25. The molecule has 11 heavy (non-hydrogen) atoms. The highest BCUT2D eigenvalue weighted by atomic mass is 19.4. The third-order valence-corrected chi connectivity index (χ3v) is 1.59. The lowest BCUT2D eigenvalue weighted by atomic mass is 10.1. The third-order valence-electron chi connectivity index (χ3n) is 1.59. The van der Waals surface area contributed by atoms with Gasteiger partial charge in [-0.25, -0.2) is 0 Å². The van der Waals surface area contributed by atoms with E-state index in [9.17, 15) is 13.2 Å². The molecule has 4 heteroatoms. The SMILES string of the molecule is CCCCC(NC)C(F)(F)F. The number of halogens is 3. The number of hydrogen-bond acceptors (Lipinski definition) is 1. The molecule has 0 aliphatic carbocycles. The molecule has 0 amide bonds. The summed E-state index contributed by atoms with van der Waals surface area (Å²) in [5.74, 6) is 0. The zero-order valence-electron chi connectivity index (χ0n) is 6.83. The van der Waals surface area contributed by atoms with Gasteiger partial charge >= 0.3 is 6.18 Å². The quantitative estimate of drug-likeness (QED) is 0.681. The summed E-state index contributed by atoms with van der Waals surface area (Å²) >= 11 is 0. The maximum atomic E-state index is 12.0. The molecule has 0 aromatic rings. The number of unbranched alkanes of at least 4 members (excludes halogenated alkanes) is 1. The van der Waals surface area contributed by atoms with Crippen LogP contribution >= 0.6 is 0 Å². The first-order valence-corrected chi connectivity index (χ1v) is 3.76. The van der Waals surface area contributed by atoms with Crippen LogP contribution in [0, 0.1) is 0 Å². The Morgan fingerprint density at radius 3 is 2.18 bits per heavy atom. The van der Waals surface area contributed by atoms with Gasteiger partial charge in [-0.05, 0) is 13.5 Å². The Bertz CT molecular complexity index is 100. The van der Waals surface area contributed by atoms with Crippen molar-refractivity contribution < 1.29 is 13.2 Å². The number of alkyl halides is 3. The van der Waals surface area contributed by atoms with Crippen LogP contribution < -0.4 is 5.32 Å². The largest absolute Gasteiger partial charge is 0.403 e. The Balaban J connectivity index is 3.76. The van der Waals surface area contributed by atoms with Gasteiger partial charge < -0.3 is 5.32 Å². The van der Waals surface area contributed by atoms with Crippen molar-refractivity contribution in [2.24, 2.45) is 0 Å². The minimum absolute atomic E-state index is 0.177. The fourth-order valence-electron chi connectivity index (χ4n) is 0.880. The number of nitrogens with one attached hydrogen (secondary N) is 1. The average Bonchev–Trinajstić information content (AvgIpc) is 1.87. The van der Waals surface area contributed by atoms with Gasteiger partial charge in [0.2, 0.25) is 0 Å². The molecule has 0 saturated heterocycles. The molecule has 0 heterocycles. The molecule has 0 aliphatic heterocycles. The van der Waals surface area contributed by atoms with Crippen LogP contribution in [0.3, 0.4) is 0 Å². The summed E-state index contributed by atoms with van der Waals surface area (Å²) in [4.78, 5) is 0. The van der Waals surface area contributed by atoms with E-state index in [0.717, 1.165) is 6.42 Å². The molecular weight excluding hydrogens is 155 g/mol. The van der Waals surface area contributed by atoms with Crippen LogP contribution in [0.1, 0.15) is 26.2 Å². The van der Waals surface area contributed by atoms with Gasteiger partial charge in [-0.3, -0.25) is 0 Å². The van der Waals surface area contributed by atoms with Gasteiger partial charge in [0.15, 0.2) is 0 Å². The molecule has 0 bridgehead atoms. The Labute approximate surface area is 65.0 Å². The molecule has 1 unspecified atom stereocenters. The summed E-state index contributed by atoms with van der Waals surface area (Å²) in [5.41, 5.74) is 0. The fraction of sp³-hybridized carbons (Fsp3) is 1.00. The van der Waals surface area contributed by atoms with Gasteiger partial charge in [-0.1, -0.05) is 19.8 Å². The van der Waals surface area contributed by atoms with Gasteiger partial charge in [0, 0.05) is 0 Å². The van der Waals surface area contributed by atoms with Crippen molar-refractivity contribution in [3.8, 4) is 0 Å². The van der Waals surface area contributed by atoms with Crippen LogP contribution in [0.5, 0.6) is 0 Å². The molecule has 0 saturated carbocycles. The fourth-order valence-corrected chi connectivity index (χ4v) is 0.880. The van der Waals surface area contributed by atoms with Crippen LogP contribution in [0.25, 0.3) is 0 Å². The van der Waals surface area contributed by atoms with Gasteiger partial charge in [0.25, 0.3) is 0 Å². The predicted molar refractivity (Wildman–Crippen MR) is 38.4 cm³/mol. The first-order valence-electron chi connectivity index (χ1n) is 3.76. The highest BCUT2D eigenvalue weighted by molar-refractivity contribution is 4.72. The van der Waals surface area contributed by atoms with E-state index in [1.807, 2.05) is 6.92 Å². The lowest BCUT2D eigenvalue weighted by molar-refractivity contribution is -0.156. The van der Waals surface area contributed by atoms with Gasteiger partial charge in [-0.15, -0.1) is 0 Å². The summed E-state index contributed by atoms with van der Waals surface area (Å²) in [7, 11) is 1.34. The third kappa shape index (κ3) is 4.24. The summed E-state index contributed by atoms with van der Waals surface area (Å²) < 4.78 is 35.9. The molecular formula is C7H14F3N. The molecule has 1 nitrogen and oxygen atoms in total. The predicted octanol–water partition coefficient (Wildman–Crippen LogP) is 2.33. The van der Waals surface area contributed by atoms with Crippen molar-refractivity contribution in [2.45, 2.75) is 38.4 Å². The van der Waals surface area contributed by atoms with Crippen LogP contribution in [0.4, 0.5) is 13.2 Å². The molecule has 0 aliphatic rings. The van der Waals surface area contributed by atoms with E-state index in [4.69, 9.17) is 0 Å². The van der Waals surface area contributed by atoms with Gasteiger partial charge in [-0.2, -0.15) is 13.2 Å². The highest BCUT2D eigenvalue weighted by Gasteiger charge is 2.37. The van der Waals surface area contributed by atoms with Gasteiger partial charge in [0.1, 0.15) is 6.04 Å². The molecule has 0 aromatic carbocycles. The zero-order valence-corrected chi connectivity index (χ0v) is 6.83. The van der Waals surface area contributed by atoms with Crippen LogP contribution in [-0.2, 0) is 0 Å². The molecule has 0 rings (SSSR count). The Kier molecular flexibility index (Phi) is 4.49. The van der Waals surface area contributed by atoms with E-state index >= 15 is 0 Å². The maximum Gasteiger partial charge on any atom is 0.403 e.